The number of piperazine rings is 1. The Hall–Kier alpha value is -5.78. The number of carbonyl (C=O) groups is 2. The number of amides is 2. The number of hydrogen-bond donors (Lipinski definition) is 2. The third-order valence-corrected chi connectivity index (χ3v) is 15.3. The predicted molar refractivity (Wildman–Crippen MR) is 270 cm³/mol. The second kappa shape index (κ2) is 21.7. The highest BCUT2D eigenvalue weighted by molar-refractivity contribution is 9.10. The molecule has 2 aliphatic rings. The smallest absolute Gasteiger partial charge is 0.254 e. The maximum absolute atomic E-state index is 14.1. The Morgan fingerprint density at radius 3 is 2.22 bits per heavy atom. The molecule has 0 aliphatic carbocycles. The molecule has 0 radical (unpaired) electrons. The summed E-state index contributed by atoms with van der Waals surface area (Å²) in [6.45, 7) is 13.1. The number of benzene rings is 4. The van der Waals surface area contributed by atoms with Crippen LogP contribution >= 0.6 is 38.6 Å². The number of aryl methyl sites for hydroxylation is 1. The van der Waals surface area contributed by atoms with Gasteiger partial charge in [-0.2, -0.15) is 0 Å². The summed E-state index contributed by atoms with van der Waals surface area (Å²) in [5, 5.41) is 18.3. The van der Waals surface area contributed by atoms with E-state index in [0.717, 1.165) is 104 Å². The van der Waals surface area contributed by atoms with Gasteiger partial charge in [-0.25, -0.2) is 4.98 Å². The Balaban J connectivity index is 0.695. The van der Waals surface area contributed by atoms with Crippen molar-refractivity contribution < 1.29 is 33.4 Å². The van der Waals surface area contributed by atoms with Crippen LogP contribution in [0.15, 0.2) is 112 Å². The van der Waals surface area contributed by atoms with Gasteiger partial charge in [0.2, 0.25) is 11.8 Å². The van der Waals surface area contributed by atoms with Gasteiger partial charge in [0.05, 0.1) is 21.0 Å². The van der Waals surface area contributed by atoms with Crippen LogP contribution in [0.25, 0.3) is 31.0 Å². The number of nitrogens with zero attached hydrogens (tertiary/aromatic N) is 5. The van der Waals surface area contributed by atoms with E-state index in [4.69, 9.17) is 18.7 Å². The Morgan fingerprint density at radius 2 is 1.53 bits per heavy atom. The van der Waals surface area contributed by atoms with Gasteiger partial charge in [0.1, 0.15) is 42.4 Å². The van der Waals surface area contributed by atoms with Crippen molar-refractivity contribution in [2.24, 2.45) is 5.92 Å². The minimum absolute atomic E-state index is 0.0798. The molecule has 5 heterocycles. The van der Waals surface area contributed by atoms with E-state index in [2.05, 4.69) is 65.5 Å². The van der Waals surface area contributed by atoms with Crippen LogP contribution in [0.4, 0.5) is 0 Å². The molecule has 3 aromatic heterocycles. The molecule has 2 amide bonds. The number of likely N-dealkylation sites (tertiary alicyclic amines) is 1. The summed E-state index contributed by atoms with van der Waals surface area (Å²) in [5.74, 6) is 2.32. The fourth-order valence-electron chi connectivity index (χ4n) is 8.85. The lowest BCUT2D eigenvalue weighted by Crippen LogP contribution is -2.48. The molecule has 2 N–H and O–H groups in total. The molecule has 13 nitrogen and oxygen atoms in total. The lowest BCUT2D eigenvalue weighted by Gasteiger charge is -2.34. The molecule has 1 unspecified atom stereocenters. The molecule has 68 heavy (non-hydrogen) atoms. The summed E-state index contributed by atoms with van der Waals surface area (Å²) >= 11 is 6.73. The van der Waals surface area contributed by atoms with Crippen LogP contribution in [0.5, 0.6) is 28.9 Å². The minimum Gasteiger partial charge on any atom is -0.508 e. The van der Waals surface area contributed by atoms with E-state index in [1.165, 1.54) is 0 Å². The summed E-state index contributed by atoms with van der Waals surface area (Å²) in [7, 11) is 0. The number of ether oxygens (including phenoxy) is 3. The van der Waals surface area contributed by atoms with E-state index in [1.807, 2.05) is 80.9 Å². The predicted octanol–water partition coefficient (Wildman–Crippen LogP) is 10.4. The molecule has 4 aromatic carbocycles. The Kier molecular flexibility index (Phi) is 15.1. The number of fused-ring (bicyclic) bond motifs is 1. The number of phenols is 1. The molecule has 7 aromatic rings. The molecule has 0 spiro atoms. The monoisotopic (exact) mass is 1020 g/mol. The molecule has 2 saturated heterocycles. The number of nitrogens with one attached hydrogen (secondary N) is 1. The van der Waals surface area contributed by atoms with Crippen LogP contribution in [0.3, 0.4) is 0 Å². The molecule has 2 fully saturated rings. The van der Waals surface area contributed by atoms with Gasteiger partial charge in [-0.1, -0.05) is 66.2 Å². The first-order valence-electron chi connectivity index (χ1n) is 23.1. The number of halogens is 1. The van der Waals surface area contributed by atoms with E-state index in [9.17, 15) is 14.7 Å². The van der Waals surface area contributed by atoms with E-state index in [0.29, 0.717) is 50.1 Å². The van der Waals surface area contributed by atoms with Crippen molar-refractivity contribution in [3.8, 4) is 49.8 Å². The highest BCUT2D eigenvalue weighted by atomic mass is 79.9. The minimum atomic E-state index is -0.589. The Labute approximate surface area is 412 Å². The second-order valence-corrected chi connectivity index (χ2v) is 20.4. The third kappa shape index (κ3) is 11.2. The lowest BCUT2D eigenvalue weighted by atomic mass is 9.91. The van der Waals surface area contributed by atoms with Crippen molar-refractivity contribution >= 4 is 60.5 Å². The molecule has 9 rings (SSSR count). The van der Waals surface area contributed by atoms with E-state index in [-0.39, 0.29) is 23.5 Å². The standard InChI is InChI=1S/C52H55BrN6O7S2/c1-33(2)47(52(62)59-20-4-5-43(59)51(61)54-31-35-6-8-36(9-7-35)49-34(3)55-32-67-49)44-30-46(56-66-44)64-28-26-58-23-21-57(22-24-58)25-27-63-40-15-17-41(18-16-40)65-48-42-19-14-39(60)29-45(42)68-50(48)37-10-12-38(53)13-11-37/h6-19,29-30,32-33,43,47,60H,4-5,20-28,31H2,1-3H3,(H,54,61)/t43-,47?/m0/s1. The van der Waals surface area contributed by atoms with Crippen LogP contribution in [-0.4, -0.2) is 107 Å². The van der Waals surface area contributed by atoms with Crippen LogP contribution in [0.2, 0.25) is 0 Å². The van der Waals surface area contributed by atoms with Gasteiger partial charge in [-0.15, -0.1) is 22.7 Å². The second-order valence-electron chi connectivity index (χ2n) is 17.6. The average Bonchev–Trinajstić information content (AvgIpc) is 4.18. The maximum atomic E-state index is 14.1. The molecular weight excluding hydrogens is 965 g/mol. The lowest BCUT2D eigenvalue weighted by molar-refractivity contribution is -0.140. The highest BCUT2D eigenvalue weighted by Crippen LogP contribution is 2.47. The zero-order chi connectivity index (χ0) is 47.1. The number of aromatic hydroxyl groups is 1. The molecule has 16 heteroatoms. The molecule has 354 valence electrons. The van der Waals surface area contributed by atoms with Gasteiger partial charge in [0, 0.05) is 73.0 Å². The summed E-state index contributed by atoms with van der Waals surface area (Å²) in [6.07, 6.45) is 1.37. The number of carbonyl (C=O) groups excluding carboxylic acids is 2. The first-order valence-corrected chi connectivity index (χ1v) is 25.6. The Bertz CT molecular complexity index is 2800. The van der Waals surface area contributed by atoms with Gasteiger partial charge >= 0.3 is 0 Å². The van der Waals surface area contributed by atoms with Crippen LogP contribution in [-0.2, 0) is 16.1 Å². The van der Waals surface area contributed by atoms with Crippen molar-refractivity contribution in [2.45, 2.75) is 52.1 Å². The zero-order valence-electron chi connectivity index (χ0n) is 38.4. The number of aromatic nitrogens is 2. The number of thiophene rings is 1. The zero-order valence-corrected chi connectivity index (χ0v) is 41.6. The quantitative estimate of drug-likeness (QED) is 0.0848. The van der Waals surface area contributed by atoms with Crippen molar-refractivity contribution in [2.75, 3.05) is 59.0 Å². The summed E-state index contributed by atoms with van der Waals surface area (Å²) in [4.78, 5) is 40.5. The molecule has 0 saturated carbocycles. The number of rotatable bonds is 18. The van der Waals surface area contributed by atoms with Crippen molar-refractivity contribution in [1.29, 1.82) is 0 Å². The maximum Gasteiger partial charge on any atom is 0.254 e. The molecular formula is C52H55BrN6O7S2. The SMILES string of the molecule is Cc1ncsc1-c1ccc(CNC(=O)[C@@H]2CCCN2C(=O)C(c2cc(OCCN3CCN(CCOc4ccc(Oc5c(-c6ccc(Br)cc6)sc6cc(O)ccc56)cc4)CC3)no2)C(C)C)cc1. The largest absolute Gasteiger partial charge is 0.508 e. The first kappa shape index (κ1) is 47.3. The fraction of sp³-hybridized carbons (Fsp3) is 0.346. The van der Waals surface area contributed by atoms with Gasteiger partial charge in [0.25, 0.3) is 5.88 Å². The van der Waals surface area contributed by atoms with Crippen LogP contribution in [0, 0.1) is 12.8 Å². The average molecular weight is 1020 g/mol. The molecule has 2 aliphatic heterocycles. The normalized spacial score (nSPS) is 16.1. The van der Waals surface area contributed by atoms with Crippen LogP contribution in [0.1, 0.15) is 49.6 Å². The van der Waals surface area contributed by atoms with Crippen molar-refractivity contribution in [3.63, 3.8) is 0 Å². The topological polar surface area (TPSA) is 143 Å². The highest BCUT2D eigenvalue weighted by Gasteiger charge is 2.40. The fourth-order valence-corrected chi connectivity index (χ4v) is 11.1. The number of phenolic OH excluding ortho intramolecular Hbond substituents is 1. The molecule has 0 bridgehead atoms. The van der Waals surface area contributed by atoms with E-state index >= 15 is 0 Å². The summed E-state index contributed by atoms with van der Waals surface area (Å²) in [5.41, 5.74) is 5.99. The van der Waals surface area contributed by atoms with Gasteiger partial charge < -0.3 is 34.1 Å². The van der Waals surface area contributed by atoms with Gasteiger partial charge in [-0.05, 0) is 102 Å². The van der Waals surface area contributed by atoms with Crippen LogP contribution < -0.4 is 19.5 Å². The van der Waals surface area contributed by atoms with Crippen molar-refractivity contribution in [3.05, 3.63) is 124 Å². The first-order chi connectivity index (χ1) is 33.1. The number of hydrogen-bond acceptors (Lipinski definition) is 13. The van der Waals surface area contributed by atoms with Gasteiger partial charge in [-0.3, -0.25) is 19.4 Å². The summed E-state index contributed by atoms with van der Waals surface area (Å²) in [6, 6.07) is 30.6. The summed E-state index contributed by atoms with van der Waals surface area (Å²) < 4.78 is 26.4. The third-order valence-electron chi connectivity index (χ3n) is 12.6. The van der Waals surface area contributed by atoms with E-state index in [1.54, 1.807) is 45.8 Å². The molecule has 2 atom stereocenters. The Morgan fingerprint density at radius 1 is 0.853 bits per heavy atom. The van der Waals surface area contributed by atoms with Gasteiger partial charge in [0.15, 0.2) is 11.5 Å². The number of thiazole rings is 1. The van der Waals surface area contributed by atoms with Crippen molar-refractivity contribution in [1.82, 2.24) is 30.2 Å². The van der Waals surface area contributed by atoms with E-state index < -0.39 is 12.0 Å².